The third-order valence-electron chi connectivity index (χ3n) is 3.66. The topological polar surface area (TPSA) is 100 Å². The van der Waals surface area contributed by atoms with Crippen LogP contribution in [0.4, 0.5) is 9.18 Å². The highest BCUT2D eigenvalue weighted by atomic mass is 32.2. The summed E-state index contributed by atoms with van der Waals surface area (Å²) < 4.78 is 13.0. The molecule has 1 fully saturated rings. The first kappa shape index (κ1) is 18.7. The quantitative estimate of drug-likeness (QED) is 0.789. The Labute approximate surface area is 157 Å². The minimum Gasteiger partial charge on any atom is -0.310 e. The van der Waals surface area contributed by atoms with Gasteiger partial charge in [-0.05, 0) is 42.5 Å². The average Bonchev–Trinajstić information content (AvgIpc) is 2.83. The molecule has 0 atom stereocenters. The molecule has 27 heavy (non-hydrogen) atoms. The smallest absolute Gasteiger partial charge is 0.293 e. The number of nitrogens with one attached hydrogen (secondary N) is 1. The van der Waals surface area contributed by atoms with E-state index in [-0.39, 0.29) is 22.7 Å². The number of Topliss-reactive ketones (excluding diaryl/α,β-unsaturated/α-hetero) is 1. The summed E-state index contributed by atoms with van der Waals surface area (Å²) in [7, 11) is 0. The Kier molecular flexibility index (Phi) is 5.31. The molecule has 3 rings (SSSR count). The Bertz CT molecular complexity index is 1010. The summed E-state index contributed by atoms with van der Waals surface area (Å²) in [4.78, 5) is 55.6. The Hall–Kier alpha value is -3.07. The van der Waals surface area contributed by atoms with Gasteiger partial charge in [-0.25, -0.2) is 9.37 Å². The minimum absolute atomic E-state index is 0.154. The lowest BCUT2D eigenvalue weighted by Crippen LogP contribution is -2.34. The van der Waals surface area contributed by atoms with Gasteiger partial charge in [-0.3, -0.25) is 24.1 Å². The fourth-order valence-corrected chi connectivity index (χ4v) is 3.33. The zero-order chi connectivity index (χ0) is 19.6. The van der Waals surface area contributed by atoms with Crippen LogP contribution in [-0.4, -0.2) is 38.3 Å². The number of halogens is 1. The maximum atomic E-state index is 13.0. The second-order valence-corrected chi connectivity index (χ2v) is 6.86. The maximum absolute atomic E-state index is 13.0. The van der Waals surface area contributed by atoms with E-state index in [0.29, 0.717) is 23.0 Å². The molecule has 7 nitrogen and oxygen atoms in total. The van der Waals surface area contributed by atoms with Crippen molar-refractivity contribution < 1.29 is 18.8 Å². The van der Waals surface area contributed by atoms with Crippen LogP contribution in [0.3, 0.4) is 0 Å². The van der Waals surface area contributed by atoms with Crippen LogP contribution in [0.25, 0.3) is 6.08 Å². The number of aromatic nitrogens is 2. The molecule has 2 heterocycles. The zero-order valence-corrected chi connectivity index (χ0v) is 15.0. The molecule has 1 aromatic heterocycles. The molecule has 0 unspecified atom stereocenters. The van der Waals surface area contributed by atoms with Crippen molar-refractivity contribution in [2.24, 2.45) is 0 Å². The van der Waals surface area contributed by atoms with Crippen LogP contribution in [0.2, 0.25) is 0 Å². The molecule has 2 aromatic rings. The predicted octanol–water partition coefficient (Wildman–Crippen LogP) is 2.07. The number of amides is 2. The van der Waals surface area contributed by atoms with Crippen molar-refractivity contribution in [1.82, 2.24) is 14.9 Å². The van der Waals surface area contributed by atoms with Crippen LogP contribution in [0, 0.1) is 12.7 Å². The molecule has 9 heteroatoms. The first-order valence-corrected chi connectivity index (χ1v) is 8.73. The van der Waals surface area contributed by atoms with Gasteiger partial charge >= 0.3 is 0 Å². The summed E-state index contributed by atoms with van der Waals surface area (Å²) in [5.74, 6) is -1.25. The molecule has 1 saturated heterocycles. The second-order valence-electron chi connectivity index (χ2n) is 5.87. The highest BCUT2D eigenvalue weighted by Crippen LogP contribution is 2.32. The van der Waals surface area contributed by atoms with Gasteiger partial charge in [0.05, 0.1) is 17.9 Å². The third-order valence-corrected chi connectivity index (χ3v) is 4.57. The summed E-state index contributed by atoms with van der Waals surface area (Å²) in [6.07, 6.45) is 1.27. The highest BCUT2D eigenvalue weighted by Gasteiger charge is 2.36. The molecule has 0 radical (unpaired) electrons. The van der Waals surface area contributed by atoms with E-state index in [1.165, 1.54) is 36.4 Å². The number of thioether (sulfide) groups is 1. The Morgan fingerprint density at radius 1 is 1.26 bits per heavy atom. The van der Waals surface area contributed by atoms with Crippen molar-refractivity contribution >= 4 is 34.8 Å². The van der Waals surface area contributed by atoms with Crippen molar-refractivity contribution in [3.8, 4) is 0 Å². The Morgan fingerprint density at radius 2 is 1.96 bits per heavy atom. The third kappa shape index (κ3) is 4.56. The van der Waals surface area contributed by atoms with Gasteiger partial charge in [0.15, 0.2) is 5.78 Å². The molecule has 2 amide bonds. The molecule has 0 saturated carbocycles. The van der Waals surface area contributed by atoms with Crippen molar-refractivity contribution in [3.05, 3.63) is 68.5 Å². The molecule has 0 spiro atoms. The van der Waals surface area contributed by atoms with E-state index in [4.69, 9.17) is 0 Å². The summed E-state index contributed by atoms with van der Waals surface area (Å²) >= 11 is 0.713. The largest absolute Gasteiger partial charge is 0.310 e. The van der Waals surface area contributed by atoms with Gasteiger partial charge in [0.2, 0.25) is 0 Å². The van der Waals surface area contributed by atoms with E-state index in [2.05, 4.69) is 9.97 Å². The number of aromatic amines is 1. The first-order valence-electron chi connectivity index (χ1n) is 7.91. The predicted molar refractivity (Wildman–Crippen MR) is 97.4 cm³/mol. The minimum atomic E-state index is -0.589. The number of aryl methyl sites for hydroxylation is 1. The SMILES string of the molecule is Cc1cc(=O)[nH]c(CC(=O)CN2C(=O)S/C(=C/c3ccc(F)cc3)C2=O)n1. The lowest BCUT2D eigenvalue weighted by atomic mass is 10.2. The number of H-pyrrole nitrogens is 1. The van der Waals surface area contributed by atoms with E-state index in [9.17, 15) is 23.6 Å². The Morgan fingerprint density at radius 3 is 2.63 bits per heavy atom. The molecule has 0 bridgehead atoms. The van der Waals surface area contributed by atoms with Crippen LogP contribution in [0.5, 0.6) is 0 Å². The molecule has 1 aromatic carbocycles. The molecule has 0 aliphatic carbocycles. The van der Waals surface area contributed by atoms with Gasteiger partial charge in [-0.15, -0.1) is 0 Å². The van der Waals surface area contributed by atoms with Crippen molar-refractivity contribution in [2.45, 2.75) is 13.3 Å². The van der Waals surface area contributed by atoms with Crippen LogP contribution in [-0.2, 0) is 16.0 Å². The Balaban J connectivity index is 1.70. The lowest BCUT2D eigenvalue weighted by Gasteiger charge is -2.11. The summed E-state index contributed by atoms with van der Waals surface area (Å²) in [5.41, 5.74) is 0.656. The van der Waals surface area contributed by atoms with Crippen LogP contribution in [0.15, 0.2) is 40.0 Å². The number of rotatable bonds is 5. The monoisotopic (exact) mass is 387 g/mol. The van der Waals surface area contributed by atoms with Gasteiger partial charge in [-0.2, -0.15) is 0 Å². The second kappa shape index (κ2) is 7.67. The van der Waals surface area contributed by atoms with E-state index in [1.807, 2.05) is 0 Å². The fourth-order valence-electron chi connectivity index (χ4n) is 2.49. The van der Waals surface area contributed by atoms with Crippen LogP contribution in [0.1, 0.15) is 17.1 Å². The number of hydrogen-bond donors (Lipinski definition) is 1. The lowest BCUT2D eigenvalue weighted by molar-refractivity contribution is -0.128. The van der Waals surface area contributed by atoms with Crippen molar-refractivity contribution in [2.75, 3.05) is 6.54 Å². The maximum Gasteiger partial charge on any atom is 0.293 e. The normalized spacial score (nSPS) is 15.6. The van der Waals surface area contributed by atoms with Gasteiger partial charge < -0.3 is 4.98 Å². The number of nitrogens with zero attached hydrogens (tertiary/aromatic N) is 2. The number of ketones is 1. The van der Waals surface area contributed by atoms with Crippen molar-refractivity contribution in [3.63, 3.8) is 0 Å². The number of carbonyl (C=O) groups excluding carboxylic acids is 3. The van der Waals surface area contributed by atoms with Gasteiger partial charge in [-0.1, -0.05) is 12.1 Å². The molecule has 138 valence electrons. The summed E-state index contributed by atoms with van der Waals surface area (Å²) in [6.45, 7) is 1.21. The first-order chi connectivity index (χ1) is 12.8. The molecule has 1 aliphatic heterocycles. The number of carbonyl (C=O) groups is 3. The highest BCUT2D eigenvalue weighted by molar-refractivity contribution is 8.18. The standard InChI is InChI=1S/C18H14FN3O4S/c1-10-6-16(24)21-15(20-10)8-13(23)9-22-17(25)14(27-18(22)26)7-11-2-4-12(19)5-3-11/h2-7H,8-9H2,1H3,(H,20,21,24)/b14-7+. The van der Waals surface area contributed by atoms with Crippen LogP contribution < -0.4 is 5.56 Å². The molecular formula is C18H14FN3O4S. The fraction of sp³-hybridized carbons (Fsp3) is 0.167. The number of hydrogen-bond acceptors (Lipinski definition) is 6. The van der Waals surface area contributed by atoms with Crippen LogP contribution >= 0.6 is 11.8 Å². The summed E-state index contributed by atoms with van der Waals surface area (Å²) in [6, 6.07) is 6.75. The molecule has 1 N–H and O–H groups in total. The molecular weight excluding hydrogens is 373 g/mol. The van der Waals surface area contributed by atoms with Crippen molar-refractivity contribution in [1.29, 1.82) is 0 Å². The average molecular weight is 387 g/mol. The summed E-state index contributed by atoms with van der Waals surface area (Å²) in [5, 5.41) is -0.563. The van der Waals surface area contributed by atoms with Gasteiger partial charge in [0, 0.05) is 11.8 Å². The number of benzene rings is 1. The number of imide groups is 1. The van der Waals surface area contributed by atoms with E-state index < -0.39 is 29.3 Å². The molecule has 1 aliphatic rings. The van der Waals surface area contributed by atoms with E-state index in [1.54, 1.807) is 6.92 Å². The van der Waals surface area contributed by atoms with E-state index >= 15 is 0 Å². The van der Waals surface area contributed by atoms with Gasteiger partial charge in [0.1, 0.15) is 11.6 Å². The zero-order valence-electron chi connectivity index (χ0n) is 14.2. The van der Waals surface area contributed by atoms with E-state index in [0.717, 1.165) is 4.90 Å². The van der Waals surface area contributed by atoms with Gasteiger partial charge in [0.25, 0.3) is 16.7 Å².